The molecule has 0 saturated heterocycles. The maximum Gasteiger partial charge on any atom is 0.187 e. The molecule has 122 valence electrons. The lowest BCUT2D eigenvalue weighted by atomic mass is 10.1. The molecule has 2 aromatic rings. The van der Waals surface area contributed by atoms with Gasteiger partial charge in [0.05, 0.1) is 22.1 Å². The third kappa shape index (κ3) is 3.32. The van der Waals surface area contributed by atoms with Crippen LogP contribution in [0.1, 0.15) is 11.3 Å². The highest BCUT2D eigenvalue weighted by atomic mass is 32.2. The molecule has 0 bridgehead atoms. The van der Waals surface area contributed by atoms with Crippen molar-refractivity contribution < 1.29 is 4.39 Å². The predicted octanol–water partition coefficient (Wildman–Crippen LogP) is 4.11. The minimum absolute atomic E-state index is 0.305. The second-order valence-electron chi connectivity index (χ2n) is 4.86. The van der Waals surface area contributed by atoms with Gasteiger partial charge >= 0.3 is 0 Å². The standard InChI is InChI=1S/C17H15FN4S2/c1-11-22(9-10-24-11)16(14-7-8-20-17(21-14)23-2)15(19)12-3-5-13(18)6-4-12/h3-10H,1,19H2,2H3/b16-15-. The van der Waals surface area contributed by atoms with E-state index >= 15 is 0 Å². The van der Waals surface area contributed by atoms with Crippen molar-refractivity contribution in [2.24, 2.45) is 5.73 Å². The summed E-state index contributed by atoms with van der Waals surface area (Å²) in [6.07, 6.45) is 5.50. The van der Waals surface area contributed by atoms with Crippen molar-refractivity contribution in [3.8, 4) is 0 Å². The first-order valence-corrected chi connectivity index (χ1v) is 9.15. The highest BCUT2D eigenvalue weighted by Crippen LogP contribution is 2.37. The lowest BCUT2D eigenvalue weighted by Crippen LogP contribution is -2.16. The maximum absolute atomic E-state index is 13.2. The smallest absolute Gasteiger partial charge is 0.187 e. The first-order valence-electron chi connectivity index (χ1n) is 7.04. The topological polar surface area (TPSA) is 55.0 Å². The second-order valence-corrected chi connectivity index (χ2v) is 6.62. The molecule has 0 atom stereocenters. The lowest BCUT2D eigenvalue weighted by Gasteiger charge is -2.23. The van der Waals surface area contributed by atoms with Crippen LogP contribution in [0.3, 0.4) is 0 Å². The van der Waals surface area contributed by atoms with Crippen molar-refractivity contribution in [1.82, 2.24) is 14.9 Å². The molecular weight excluding hydrogens is 343 g/mol. The summed E-state index contributed by atoms with van der Waals surface area (Å²) in [6.45, 7) is 4.04. The summed E-state index contributed by atoms with van der Waals surface area (Å²) < 4.78 is 13.2. The normalized spacial score (nSPS) is 14.9. The predicted molar refractivity (Wildman–Crippen MR) is 98.9 cm³/mol. The summed E-state index contributed by atoms with van der Waals surface area (Å²) in [5.74, 6) is -0.305. The Hall–Kier alpha value is -2.25. The van der Waals surface area contributed by atoms with Gasteiger partial charge in [0.1, 0.15) is 5.82 Å². The van der Waals surface area contributed by atoms with E-state index in [1.54, 1.807) is 24.4 Å². The monoisotopic (exact) mass is 358 g/mol. The third-order valence-corrected chi connectivity index (χ3v) is 4.68. The third-order valence-electron chi connectivity index (χ3n) is 3.39. The number of halogens is 1. The van der Waals surface area contributed by atoms with E-state index in [-0.39, 0.29) is 5.82 Å². The van der Waals surface area contributed by atoms with E-state index in [2.05, 4.69) is 16.5 Å². The molecule has 1 aliphatic heterocycles. The molecule has 0 spiro atoms. The molecule has 0 radical (unpaired) electrons. The Kier molecular flexibility index (Phi) is 4.92. The van der Waals surface area contributed by atoms with Gasteiger partial charge in [-0.1, -0.05) is 30.1 Å². The Morgan fingerprint density at radius 1 is 1.29 bits per heavy atom. The van der Waals surface area contributed by atoms with Crippen molar-refractivity contribution in [1.29, 1.82) is 0 Å². The Morgan fingerprint density at radius 2 is 2.04 bits per heavy atom. The molecule has 0 saturated carbocycles. The lowest BCUT2D eigenvalue weighted by molar-refractivity contribution is 0.627. The Labute approximate surface area is 148 Å². The van der Waals surface area contributed by atoms with Crippen LogP contribution in [0.15, 0.2) is 64.9 Å². The van der Waals surface area contributed by atoms with Crippen LogP contribution in [-0.4, -0.2) is 21.1 Å². The quantitative estimate of drug-likeness (QED) is 0.656. The summed E-state index contributed by atoms with van der Waals surface area (Å²) in [5, 5.41) is 3.40. The molecule has 3 rings (SSSR count). The number of aromatic nitrogens is 2. The maximum atomic E-state index is 13.2. The average Bonchev–Trinajstić information content (AvgIpc) is 3.02. The fourth-order valence-electron chi connectivity index (χ4n) is 2.24. The number of nitrogens with zero attached hydrogens (tertiary/aromatic N) is 3. The number of benzene rings is 1. The van der Waals surface area contributed by atoms with Crippen LogP contribution in [-0.2, 0) is 0 Å². The Bertz CT molecular complexity index is 831. The van der Waals surface area contributed by atoms with Gasteiger partial charge in [-0.25, -0.2) is 14.4 Å². The zero-order valence-electron chi connectivity index (χ0n) is 12.9. The minimum Gasteiger partial charge on any atom is -0.396 e. The van der Waals surface area contributed by atoms with E-state index in [1.165, 1.54) is 35.7 Å². The van der Waals surface area contributed by atoms with Gasteiger partial charge in [-0.15, -0.1) is 0 Å². The molecular formula is C17H15FN4S2. The van der Waals surface area contributed by atoms with Crippen molar-refractivity contribution in [2.75, 3.05) is 6.26 Å². The Morgan fingerprint density at radius 3 is 2.67 bits per heavy atom. The highest BCUT2D eigenvalue weighted by molar-refractivity contribution is 8.06. The molecule has 0 aliphatic carbocycles. The van der Waals surface area contributed by atoms with E-state index in [9.17, 15) is 4.39 Å². The summed E-state index contributed by atoms with van der Waals surface area (Å²) in [7, 11) is 0. The van der Waals surface area contributed by atoms with Gasteiger partial charge in [-0.2, -0.15) is 0 Å². The van der Waals surface area contributed by atoms with Gasteiger partial charge in [0, 0.05) is 12.4 Å². The highest BCUT2D eigenvalue weighted by Gasteiger charge is 2.22. The van der Waals surface area contributed by atoms with Crippen molar-refractivity contribution in [3.63, 3.8) is 0 Å². The van der Waals surface area contributed by atoms with Crippen LogP contribution in [0, 0.1) is 5.82 Å². The minimum atomic E-state index is -0.305. The molecule has 24 heavy (non-hydrogen) atoms. The molecule has 7 heteroatoms. The molecule has 4 nitrogen and oxygen atoms in total. The summed E-state index contributed by atoms with van der Waals surface area (Å²) >= 11 is 2.96. The zero-order valence-corrected chi connectivity index (χ0v) is 14.6. The van der Waals surface area contributed by atoms with E-state index in [4.69, 9.17) is 5.73 Å². The second kappa shape index (κ2) is 7.11. The van der Waals surface area contributed by atoms with Gasteiger partial charge in [0.15, 0.2) is 5.16 Å². The summed E-state index contributed by atoms with van der Waals surface area (Å²) in [6, 6.07) is 7.87. The van der Waals surface area contributed by atoms with Crippen LogP contribution in [0.2, 0.25) is 0 Å². The van der Waals surface area contributed by atoms with Crippen LogP contribution in [0.4, 0.5) is 4.39 Å². The van der Waals surface area contributed by atoms with Gasteiger partial charge in [0.2, 0.25) is 0 Å². The van der Waals surface area contributed by atoms with E-state index in [0.717, 1.165) is 5.03 Å². The number of rotatable bonds is 4. The van der Waals surface area contributed by atoms with Crippen LogP contribution in [0.5, 0.6) is 0 Å². The van der Waals surface area contributed by atoms with Crippen molar-refractivity contribution >= 4 is 34.9 Å². The SMILES string of the molecule is C=C1SC=CN1/C(=C(\N)c1ccc(F)cc1)c1ccnc(SC)n1. The molecule has 1 aromatic carbocycles. The van der Waals surface area contributed by atoms with Crippen molar-refractivity contribution in [2.45, 2.75) is 5.16 Å². The molecule has 2 heterocycles. The van der Waals surface area contributed by atoms with Crippen LogP contribution >= 0.6 is 23.5 Å². The van der Waals surface area contributed by atoms with E-state index < -0.39 is 0 Å². The first kappa shape index (κ1) is 16.6. The molecule has 1 aliphatic rings. The summed E-state index contributed by atoms with van der Waals surface area (Å²) in [5.41, 5.74) is 9.01. The Balaban J connectivity index is 2.17. The number of hydrogen-bond acceptors (Lipinski definition) is 6. The number of hydrogen-bond donors (Lipinski definition) is 1. The van der Waals surface area contributed by atoms with Gasteiger partial charge in [-0.05, 0) is 47.6 Å². The van der Waals surface area contributed by atoms with E-state index in [0.29, 0.717) is 27.8 Å². The molecule has 2 N–H and O–H groups in total. The van der Waals surface area contributed by atoms with E-state index in [1.807, 2.05) is 22.8 Å². The average molecular weight is 358 g/mol. The van der Waals surface area contributed by atoms with Crippen LogP contribution in [0.25, 0.3) is 11.4 Å². The molecule has 0 fully saturated rings. The summed E-state index contributed by atoms with van der Waals surface area (Å²) in [4.78, 5) is 10.6. The van der Waals surface area contributed by atoms with Gasteiger partial charge < -0.3 is 10.6 Å². The van der Waals surface area contributed by atoms with Crippen LogP contribution < -0.4 is 5.73 Å². The fraction of sp³-hybridized carbons (Fsp3) is 0.0588. The number of nitrogens with two attached hydrogens (primary N) is 1. The van der Waals surface area contributed by atoms with Crippen molar-refractivity contribution in [3.05, 3.63) is 76.8 Å². The first-order chi connectivity index (χ1) is 11.6. The molecule has 1 aromatic heterocycles. The largest absolute Gasteiger partial charge is 0.396 e. The molecule has 0 amide bonds. The number of thioether (sulfide) groups is 2. The zero-order chi connectivity index (χ0) is 17.1. The fourth-order valence-corrected chi connectivity index (χ4v) is 3.20. The van der Waals surface area contributed by atoms with Gasteiger partial charge in [0.25, 0.3) is 0 Å². The molecule has 0 unspecified atom stereocenters. The van der Waals surface area contributed by atoms with Gasteiger partial charge in [-0.3, -0.25) is 0 Å².